The molecule has 0 spiro atoms. The van der Waals surface area contributed by atoms with Gasteiger partial charge in [-0.2, -0.15) is 5.10 Å². The van der Waals surface area contributed by atoms with Crippen LogP contribution in [0.2, 0.25) is 0 Å². The molecule has 144 valence electrons. The van der Waals surface area contributed by atoms with Gasteiger partial charge >= 0.3 is 0 Å². The summed E-state index contributed by atoms with van der Waals surface area (Å²) in [7, 11) is 0. The number of carbonyl (C=O) groups is 1. The SMILES string of the molecule is Cc1cccc(C2CCOC2)c1OCC(=O)N/N=C/c1ccc2cc[nH]c2c1. The fourth-order valence-corrected chi connectivity index (χ4v) is 3.47. The standard InChI is InChI=1S/C22H23N3O3/c1-15-3-2-4-19(18-8-10-27-13-18)22(15)28-14-21(26)25-24-12-16-5-6-17-7-9-23-20(17)11-16/h2-7,9,11-12,18,23H,8,10,13-14H2,1H3,(H,25,26)/b24-12+. The molecule has 2 aromatic carbocycles. The highest BCUT2D eigenvalue weighted by atomic mass is 16.5. The number of carbonyl (C=O) groups excluding carboxylic acids is 1. The van der Waals surface area contributed by atoms with Crippen LogP contribution in [-0.4, -0.2) is 36.9 Å². The quantitative estimate of drug-likeness (QED) is 0.510. The molecule has 6 nitrogen and oxygen atoms in total. The van der Waals surface area contributed by atoms with Crippen LogP contribution in [-0.2, 0) is 9.53 Å². The molecule has 6 heteroatoms. The number of hydrogen-bond donors (Lipinski definition) is 2. The number of amides is 1. The predicted octanol–water partition coefficient (Wildman–Crippen LogP) is 3.51. The zero-order valence-corrected chi connectivity index (χ0v) is 15.8. The summed E-state index contributed by atoms with van der Waals surface area (Å²) >= 11 is 0. The lowest BCUT2D eigenvalue weighted by molar-refractivity contribution is -0.123. The van der Waals surface area contributed by atoms with Crippen molar-refractivity contribution in [1.82, 2.24) is 10.4 Å². The van der Waals surface area contributed by atoms with E-state index in [1.165, 1.54) is 0 Å². The van der Waals surface area contributed by atoms with Gasteiger partial charge in [-0.1, -0.05) is 30.3 Å². The Balaban J connectivity index is 1.35. The van der Waals surface area contributed by atoms with E-state index in [9.17, 15) is 4.79 Å². The van der Waals surface area contributed by atoms with Gasteiger partial charge in [-0.3, -0.25) is 4.79 Å². The summed E-state index contributed by atoms with van der Waals surface area (Å²) < 4.78 is 11.3. The first-order valence-corrected chi connectivity index (χ1v) is 9.40. The maximum Gasteiger partial charge on any atom is 0.277 e. The second-order valence-corrected chi connectivity index (χ2v) is 6.96. The Labute approximate surface area is 163 Å². The third kappa shape index (κ3) is 4.07. The van der Waals surface area contributed by atoms with Gasteiger partial charge in [0.05, 0.1) is 12.8 Å². The summed E-state index contributed by atoms with van der Waals surface area (Å²) in [5, 5.41) is 5.16. The fourth-order valence-electron chi connectivity index (χ4n) is 3.47. The summed E-state index contributed by atoms with van der Waals surface area (Å²) in [4.78, 5) is 15.3. The minimum Gasteiger partial charge on any atom is -0.483 e. The molecule has 0 aliphatic carbocycles. The van der Waals surface area contributed by atoms with E-state index in [4.69, 9.17) is 9.47 Å². The van der Waals surface area contributed by atoms with Crippen LogP contribution in [0.15, 0.2) is 53.8 Å². The van der Waals surface area contributed by atoms with E-state index in [0.29, 0.717) is 12.5 Å². The molecule has 1 aliphatic rings. The number of aromatic nitrogens is 1. The second kappa shape index (κ2) is 8.27. The van der Waals surface area contributed by atoms with Gasteiger partial charge in [0.25, 0.3) is 5.91 Å². The van der Waals surface area contributed by atoms with E-state index in [2.05, 4.69) is 21.6 Å². The molecule has 4 rings (SSSR count). The fraction of sp³-hybridized carbons (Fsp3) is 0.273. The van der Waals surface area contributed by atoms with Crippen molar-refractivity contribution in [2.45, 2.75) is 19.3 Å². The summed E-state index contributed by atoms with van der Waals surface area (Å²) in [5.41, 5.74) is 6.57. The van der Waals surface area contributed by atoms with E-state index in [-0.39, 0.29) is 12.5 Å². The molecular formula is C22H23N3O3. The Morgan fingerprint density at radius 1 is 1.36 bits per heavy atom. The molecule has 1 aromatic heterocycles. The van der Waals surface area contributed by atoms with Gasteiger partial charge in [-0.05, 0) is 47.6 Å². The number of fused-ring (bicyclic) bond motifs is 1. The molecule has 1 saturated heterocycles. The monoisotopic (exact) mass is 377 g/mol. The van der Waals surface area contributed by atoms with Crippen LogP contribution < -0.4 is 10.2 Å². The molecule has 0 radical (unpaired) electrons. The number of hydrazone groups is 1. The van der Waals surface area contributed by atoms with Crippen LogP contribution in [0.25, 0.3) is 10.9 Å². The lowest BCUT2D eigenvalue weighted by atomic mass is 9.95. The molecule has 0 saturated carbocycles. The van der Waals surface area contributed by atoms with Gasteiger partial charge in [-0.25, -0.2) is 5.43 Å². The van der Waals surface area contributed by atoms with Gasteiger partial charge in [0.1, 0.15) is 5.75 Å². The number of nitrogens with one attached hydrogen (secondary N) is 2. The Hall–Kier alpha value is -3.12. The Morgan fingerprint density at radius 2 is 2.29 bits per heavy atom. The van der Waals surface area contributed by atoms with Crippen molar-refractivity contribution < 1.29 is 14.3 Å². The Bertz CT molecular complexity index is 1000. The van der Waals surface area contributed by atoms with Crippen molar-refractivity contribution >= 4 is 23.0 Å². The van der Waals surface area contributed by atoms with Gasteiger partial charge < -0.3 is 14.5 Å². The highest BCUT2D eigenvalue weighted by Crippen LogP contribution is 2.34. The molecule has 1 unspecified atom stereocenters. The number of hydrogen-bond acceptors (Lipinski definition) is 4. The zero-order chi connectivity index (χ0) is 19.3. The van der Waals surface area contributed by atoms with Crippen LogP contribution in [0.1, 0.15) is 29.0 Å². The minimum atomic E-state index is -0.297. The van der Waals surface area contributed by atoms with Crippen LogP contribution >= 0.6 is 0 Å². The Kier molecular flexibility index (Phi) is 5.39. The van der Waals surface area contributed by atoms with Crippen molar-refractivity contribution in [2.24, 2.45) is 5.10 Å². The normalized spacial score (nSPS) is 16.7. The average Bonchev–Trinajstić information content (AvgIpc) is 3.38. The van der Waals surface area contributed by atoms with E-state index in [1.807, 2.05) is 49.5 Å². The summed E-state index contributed by atoms with van der Waals surface area (Å²) in [6.45, 7) is 3.36. The van der Waals surface area contributed by atoms with Gasteiger partial charge in [-0.15, -0.1) is 0 Å². The number of aromatic amines is 1. The predicted molar refractivity (Wildman–Crippen MR) is 109 cm³/mol. The third-order valence-electron chi connectivity index (χ3n) is 4.94. The molecule has 0 bridgehead atoms. The summed E-state index contributed by atoms with van der Waals surface area (Å²) in [6, 6.07) is 14.0. The first kappa shape index (κ1) is 18.3. The topological polar surface area (TPSA) is 75.7 Å². The number of rotatable bonds is 6. The zero-order valence-electron chi connectivity index (χ0n) is 15.8. The molecule has 1 aliphatic heterocycles. The molecular weight excluding hydrogens is 354 g/mol. The molecule has 1 amide bonds. The highest BCUT2D eigenvalue weighted by Gasteiger charge is 2.22. The highest BCUT2D eigenvalue weighted by molar-refractivity contribution is 5.89. The first-order valence-electron chi connectivity index (χ1n) is 9.40. The molecule has 28 heavy (non-hydrogen) atoms. The number of benzene rings is 2. The number of ether oxygens (including phenoxy) is 2. The molecule has 1 atom stereocenters. The maximum absolute atomic E-state index is 12.1. The Morgan fingerprint density at radius 3 is 3.14 bits per heavy atom. The second-order valence-electron chi connectivity index (χ2n) is 6.96. The minimum absolute atomic E-state index is 0.0849. The van der Waals surface area contributed by atoms with Crippen molar-refractivity contribution in [1.29, 1.82) is 0 Å². The molecule has 3 aromatic rings. The van der Waals surface area contributed by atoms with Crippen molar-refractivity contribution in [2.75, 3.05) is 19.8 Å². The number of para-hydroxylation sites is 1. The molecule has 1 fully saturated rings. The van der Waals surface area contributed by atoms with Crippen molar-refractivity contribution in [3.63, 3.8) is 0 Å². The van der Waals surface area contributed by atoms with E-state index < -0.39 is 0 Å². The van der Waals surface area contributed by atoms with E-state index in [0.717, 1.165) is 46.4 Å². The largest absolute Gasteiger partial charge is 0.483 e. The van der Waals surface area contributed by atoms with Crippen LogP contribution in [0, 0.1) is 6.92 Å². The van der Waals surface area contributed by atoms with Gasteiger partial charge in [0.15, 0.2) is 6.61 Å². The first-order chi connectivity index (χ1) is 13.7. The van der Waals surface area contributed by atoms with Crippen LogP contribution in [0.3, 0.4) is 0 Å². The van der Waals surface area contributed by atoms with Crippen LogP contribution in [0.5, 0.6) is 5.75 Å². The van der Waals surface area contributed by atoms with Gasteiger partial charge in [0.2, 0.25) is 0 Å². The lowest BCUT2D eigenvalue weighted by Gasteiger charge is -2.17. The van der Waals surface area contributed by atoms with Crippen LogP contribution in [0.4, 0.5) is 0 Å². The number of nitrogens with zero attached hydrogens (tertiary/aromatic N) is 1. The maximum atomic E-state index is 12.1. The number of H-pyrrole nitrogens is 1. The van der Waals surface area contributed by atoms with E-state index in [1.54, 1.807) is 6.21 Å². The number of aryl methyl sites for hydroxylation is 1. The van der Waals surface area contributed by atoms with Gasteiger partial charge in [0, 0.05) is 24.2 Å². The molecule has 2 heterocycles. The van der Waals surface area contributed by atoms with Crippen molar-refractivity contribution in [3.8, 4) is 5.75 Å². The summed E-state index contributed by atoms with van der Waals surface area (Å²) in [6.07, 6.45) is 4.48. The van der Waals surface area contributed by atoms with Crippen molar-refractivity contribution in [3.05, 3.63) is 65.4 Å². The smallest absolute Gasteiger partial charge is 0.277 e. The summed E-state index contributed by atoms with van der Waals surface area (Å²) in [5.74, 6) is 0.794. The molecule has 2 N–H and O–H groups in total. The lowest BCUT2D eigenvalue weighted by Crippen LogP contribution is -2.25. The third-order valence-corrected chi connectivity index (χ3v) is 4.94. The van der Waals surface area contributed by atoms with E-state index >= 15 is 0 Å². The average molecular weight is 377 g/mol.